The lowest BCUT2D eigenvalue weighted by Crippen LogP contribution is -2.46. The molecule has 12 heteroatoms. The maximum Gasteiger partial charge on any atom is 0.277 e. The van der Waals surface area contributed by atoms with Crippen molar-refractivity contribution in [3.05, 3.63) is 86.6 Å². The summed E-state index contributed by atoms with van der Waals surface area (Å²) in [5.74, 6) is -2.66. The molecule has 1 aromatic heterocycles. The van der Waals surface area contributed by atoms with Crippen LogP contribution in [0.3, 0.4) is 0 Å². The third-order valence-corrected chi connectivity index (χ3v) is 7.33. The number of nitrogens with zero attached hydrogens (tertiary/aromatic N) is 3. The van der Waals surface area contributed by atoms with Gasteiger partial charge >= 0.3 is 0 Å². The van der Waals surface area contributed by atoms with E-state index in [1.807, 2.05) is 6.92 Å². The second-order valence-corrected chi connectivity index (χ2v) is 10.8. The minimum Gasteiger partial charge on any atom is -0.497 e. The quantitative estimate of drug-likeness (QED) is 0.465. The van der Waals surface area contributed by atoms with Crippen molar-refractivity contribution < 1.29 is 27.8 Å². The average molecular weight is 589 g/mol. The Morgan fingerprint density at radius 1 is 1.20 bits per heavy atom. The Morgan fingerprint density at radius 2 is 1.83 bits per heavy atom. The van der Waals surface area contributed by atoms with Crippen molar-refractivity contribution in [1.29, 1.82) is 0 Å². The number of methoxy groups -OCH3 is 1. The fourth-order valence-corrected chi connectivity index (χ4v) is 4.99. The SMILES string of the molecule is CNC(=O)c1ccc(Cl)cc1.COc1cc(F)c(C2CC(=O)N(c3c(C)ncn(CC4(C)COC4)c3=O)C2)c(F)c1. The van der Waals surface area contributed by atoms with Gasteiger partial charge in [-0.05, 0) is 31.2 Å². The summed E-state index contributed by atoms with van der Waals surface area (Å²) in [7, 11) is 2.91. The second kappa shape index (κ2) is 12.4. The van der Waals surface area contributed by atoms with E-state index in [1.54, 1.807) is 38.2 Å². The van der Waals surface area contributed by atoms with E-state index in [-0.39, 0.29) is 52.8 Å². The number of benzene rings is 2. The third kappa shape index (κ3) is 6.57. The van der Waals surface area contributed by atoms with E-state index < -0.39 is 17.6 Å². The van der Waals surface area contributed by atoms with Crippen molar-refractivity contribution in [2.24, 2.45) is 5.41 Å². The molecule has 0 aliphatic carbocycles. The molecule has 2 aliphatic heterocycles. The number of aromatic nitrogens is 2. The third-order valence-electron chi connectivity index (χ3n) is 7.07. The Labute approximate surface area is 241 Å². The number of hydrogen-bond acceptors (Lipinski definition) is 6. The average Bonchev–Trinajstić information content (AvgIpc) is 3.29. The first-order valence-electron chi connectivity index (χ1n) is 12.9. The largest absolute Gasteiger partial charge is 0.497 e. The Morgan fingerprint density at radius 3 is 2.37 bits per heavy atom. The number of halogens is 3. The summed E-state index contributed by atoms with van der Waals surface area (Å²) in [5, 5.41) is 3.16. The molecular weight excluding hydrogens is 558 g/mol. The lowest BCUT2D eigenvalue weighted by atomic mass is 9.88. The molecule has 218 valence electrons. The van der Waals surface area contributed by atoms with E-state index in [0.717, 1.165) is 12.1 Å². The standard InChI is InChI=1S/C21H23F2N3O4.C8H8ClNO/c1-12-19(20(28)25(11-24-12)8-21(2)9-30-10-21)26-7-13(4-17(26)27)18-15(22)5-14(29-3)6-16(18)23;1-10-8(11)6-2-4-7(9)5-3-6/h5-6,11,13H,4,7-10H2,1-3H3;2-5H,1H3,(H,10,11). The van der Waals surface area contributed by atoms with Crippen LogP contribution in [-0.2, 0) is 16.1 Å². The van der Waals surface area contributed by atoms with E-state index in [0.29, 0.717) is 36.0 Å². The van der Waals surface area contributed by atoms with Gasteiger partial charge in [-0.15, -0.1) is 0 Å². The van der Waals surface area contributed by atoms with E-state index in [4.69, 9.17) is 21.1 Å². The molecule has 0 bridgehead atoms. The van der Waals surface area contributed by atoms with Gasteiger partial charge < -0.3 is 19.7 Å². The van der Waals surface area contributed by atoms with Crippen LogP contribution in [0.25, 0.3) is 0 Å². The molecular formula is C29H31ClF2N4O5. The van der Waals surface area contributed by atoms with Crippen molar-refractivity contribution in [2.75, 3.05) is 38.8 Å². The number of nitrogens with one attached hydrogen (secondary N) is 1. The number of carbonyl (C=O) groups excluding carboxylic acids is 2. The van der Waals surface area contributed by atoms with Gasteiger partial charge in [0, 0.05) is 66.2 Å². The number of hydrogen-bond donors (Lipinski definition) is 1. The molecule has 1 unspecified atom stereocenters. The first-order chi connectivity index (χ1) is 19.5. The Balaban J connectivity index is 0.000000296. The fraction of sp³-hybridized carbons (Fsp3) is 0.379. The highest BCUT2D eigenvalue weighted by molar-refractivity contribution is 6.30. The Bertz CT molecular complexity index is 1490. The molecule has 2 fully saturated rings. The van der Waals surface area contributed by atoms with Crippen LogP contribution >= 0.6 is 11.6 Å². The number of amides is 2. The molecule has 2 saturated heterocycles. The summed E-state index contributed by atoms with van der Waals surface area (Å²) >= 11 is 5.63. The van der Waals surface area contributed by atoms with Crippen LogP contribution in [0.5, 0.6) is 5.75 Å². The zero-order valence-electron chi connectivity index (χ0n) is 23.2. The maximum absolute atomic E-state index is 14.5. The predicted octanol–water partition coefficient (Wildman–Crippen LogP) is 4.10. The van der Waals surface area contributed by atoms with Gasteiger partial charge in [0.15, 0.2) is 0 Å². The van der Waals surface area contributed by atoms with E-state index in [1.165, 1.54) is 22.9 Å². The molecule has 0 spiro atoms. The summed E-state index contributed by atoms with van der Waals surface area (Å²) in [6, 6.07) is 8.92. The van der Waals surface area contributed by atoms with Crippen molar-refractivity contribution >= 4 is 29.1 Å². The predicted molar refractivity (Wildman–Crippen MR) is 150 cm³/mol. The number of ether oxygens (including phenoxy) is 2. The highest BCUT2D eigenvalue weighted by atomic mass is 35.5. The number of carbonyl (C=O) groups is 2. The number of aryl methyl sites for hydroxylation is 1. The molecule has 5 rings (SSSR count). The maximum atomic E-state index is 14.5. The lowest BCUT2D eigenvalue weighted by molar-refractivity contribution is -0.117. The number of rotatable bonds is 6. The number of anilines is 1. The van der Waals surface area contributed by atoms with Crippen LogP contribution < -0.4 is 20.5 Å². The summed E-state index contributed by atoms with van der Waals surface area (Å²) in [5.41, 5.74) is 0.495. The van der Waals surface area contributed by atoms with Crippen molar-refractivity contribution in [3.8, 4) is 5.75 Å². The van der Waals surface area contributed by atoms with Gasteiger partial charge in [0.2, 0.25) is 5.91 Å². The topological polar surface area (TPSA) is 103 Å². The Kier molecular flexibility index (Phi) is 9.08. The van der Waals surface area contributed by atoms with Crippen LogP contribution in [0.2, 0.25) is 5.02 Å². The van der Waals surface area contributed by atoms with Gasteiger partial charge in [0.1, 0.15) is 23.1 Å². The molecule has 3 aromatic rings. The molecule has 1 atom stereocenters. The smallest absolute Gasteiger partial charge is 0.277 e. The molecule has 2 aliphatic rings. The van der Waals surface area contributed by atoms with Crippen molar-refractivity contribution in [2.45, 2.75) is 32.7 Å². The highest BCUT2D eigenvalue weighted by Crippen LogP contribution is 2.36. The van der Waals surface area contributed by atoms with Crippen molar-refractivity contribution in [3.63, 3.8) is 0 Å². The molecule has 2 aromatic carbocycles. The summed E-state index contributed by atoms with van der Waals surface area (Å²) < 4.78 is 40.6. The zero-order valence-corrected chi connectivity index (χ0v) is 23.9. The fourth-order valence-electron chi connectivity index (χ4n) is 4.87. The first-order valence-corrected chi connectivity index (χ1v) is 13.3. The van der Waals surface area contributed by atoms with Crippen LogP contribution in [0, 0.1) is 24.0 Å². The van der Waals surface area contributed by atoms with Gasteiger partial charge in [-0.2, -0.15) is 0 Å². The van der Waals surface area contributed by atoms with Crippen LogP contribution in [0.1, 0.15) is 40.9 Å². The summed E-state index contributed by atoms with van der Waals surface area (Å²) in [6.45, 7) is 5.16. The molecule has 41 heavy (non-hydrogen) atoms. The molecule has 9 nitrogen and oxygen atoms in total. The van der Waals surface area contributed by atoms with Gasteiger partial charge in [-0.3, -0.25) is 19.0 Å². The lowest BCUT2D eigenvalue weighted by Gasteiger charge is -2.38. The molecule has 1 N–H and O–H groups in total. The van der Waals surface area contributed by atoms with E-state index >= 15 is 0 Å². The minimum absolute atomic E-state index is 0.00115. The first kappa shape index (κ1) is 30.1. The summed E-state index contributed by atoms with van der Waals surface area (Å²) in [6.07, 6.45) is 1.37. The zero-order chi connectivity index (χ0) is 29.9. The van der Waals surface area contributed by atoms with E-state index in [9.17, 15) is 23.2 Å². The second-order valence-electron chi connectivity index (χ2n) is 10.4. The van der Waals surface area contributed by atoms with Gasteiger partial charge in [0.05, 0.1) is 32.3 Å². The molecule has 3 heterocycles. The normalized spacial score (nSPS) is 17.4. The molecule has 0 radical (unpaired) electrons. The van der Waals surface area contributed by atoms with Gasteiger partial charge in [0.25, 0.3) is 11.5 Å². The minimum atomic E-state index is -0.773. The van der Waals surface area contributed by atoms with Crippen molar-refractivity contribution in [1.82, 2.24) is 14.9 Å². The van der Waals surface area contributed by atoms with Crippen LogP contribution in [0.15, 0.2) is 47.5 Å². The van der Waals surface area contributed by atoms with Gasteiger partial charge in [-0.1, -0.05) is 18.5 Å². The molecule has 0 saturated carbocycles. The summed E-state index contributed by atoms with van der Waals surface area (Å²) in [4.78, 5) is 42.4. The van der Waals surface area contributed by atoms with Crippen LogP contribution in [0.4, 0.5) is 14.5 Å². The Hall–Kier alpha value is -3.83. The monoisotopic (exact) mass is 588 g/mol. The van der Waals surface area contributed by atoms with Crippen LogP contribution in [-0.4, -0.2) is 55.3 Å². The van der Waals surface area contributed by atoms with E-state index in [2.05, 4.69) is 10.3 Å². The van der Waals surface area contributed by atoms with Gasteiger partial charge in [-0.25, -0.2) is 13.8 Å². The highest BCUT2D eigenvalue weighted by Gasteiger charge is 2.38. The molecule has 2 amide bonds.